The van der Waals surface area contributed by atoms with Gasteiger partial charge < -0.3 is 4.74 Å². The summed E-state index contributed by atoms with van der Waals surface area (Å²) in [5.74, 6) is 0.288. The van der Waals surface area contributed by atoms with Gasteiger partial charge in [-0.3, -0.25) is 0 Å². The van der Waals surface area contributed by atoms with E-state index in [0.717, 1.165) is 6.42 Å². The smallest absolute Gasteiger partial charge is 0.239 e. The largest absolute Gasteiger partial charge is 0.492 e. The first-order valence-electron chi connectivity index (χ1n) is 5.38. The first kappa shape index (κ1) is 16.1. The number of hydrogen-bond acceptors (Lipinski definition) is 4. The molecule has 0 radical (unpaired) electrons. The minimum atomic E-state index is -3.91. The van der Waals surface area contributed by atoms with Crippen molar-refractivity contribution in [2.24, 2.45) is 5.14 Å². The third-order valence-corrected chi connectivity index (χ3v) is 4.19. The van der Waals surface area contributed by atoms with Gasteiger partial charge in [0.15, 0.2) is 0 Å². The van der Waals surface area contributed by atoms with E-state index in [9.17, 15) is 8.42 Å². The van der Waals surface area contributed by atoms with E-state index in [1.807, 2.05) is 6.07 Å². The molecule has 1 aromatic rings. The molecule has 0 amide bonds. The normalized spacial score (nSPS) is 11.1. The predicted octanol–water partition coefficient (Wildman–Crippen LogP) is 2.71. The molecule has 1 aromatic carbocycles. The highest BCUT2D eigenvalue weighted by molar-refractivity contribution is 7.89. The summed E-state index contributed by atoms with van der Waals surface area (Å²) < 4.78 is 27.8. The van der Waals surface area contributed by atoms with Gasteiger partial charge in [-0.1, -0.05) is 23.2 Å². The van der Waals surface area contributed by atoms with Crippen LogP contribution >= 0.6 is 23.2 Å². The van der Waals surface area contributed by atoms with Gasteiger partial charge in [0.1, 0.15) is 15.7 Å². The fourth-order valence-electron chi connectivity index (χ4n) is 1.33. The average molecular weight is 323 g/mol. The predicted molar refractivity (Wildman–Crippen MR) is 72.8 cm³/mol. The van der Waals surface area contributed by atoms with Crippen molar-refractivity contribution in [3.8, 4) is 11.8 Å². The Morgan fingerprint density at radius 1 is 1.26 bits per heavy atom. The lowest BCUT2D eigenvalue weighted by Crippen LogP contribution is -2.13. The van der Waals surface area contributed by atoms with Crippen LogP contribution in [0.2, 0.25) is 10.0 Å². The van der Waals surface area contributed by atoms with Gasteiger partial charge in [-0.15, -0.1) is 0 Å². The molecule has 8 heteroatoms. The number of ether oxygens (including phenoxy) is 1. The number of halogens is 2. The molecule has 19 heavy (non-hydrogen) atoms. The molecule has 0 fully saturated rings. The molecule has 0 saturated carbocycles. The molecule has 0 aliphatic heterocycles. The summed E-state index contributed by atoms with van der Waals surface area (Å²) >= 11 is 11.7. The molecule has 0 saturated heterocycles. The Labute approximate surface area is 121 Å². The number of nitriles is 1. The number of primary sulfonamides is 1. The minimum Gasteiger partial charge on any atom is -0.492 e. The highest BCUT2D eigenvalue weighted by atomic mass is 35.5. The van der Waals surface area contributed by atoms with Gasteiger partial charge in [0.2, 0.25) is 10.0 Å². The molecule has 0 aliphatic carbocycles. The van der Waals surface area contributed by atoms with Crippen molar-refractivity contribution in [2.45, 2.75) is 24.2 Å². The van der Waals surface area contributed by atoms with Gasteiger partial charge in [0, 0.05) is 6.42 Å². The zero-order valence-electron chi connectivity index (χ0n) is 9.90. The van der Waals surface area contributed by atoms with E-state index in [2.05, 4.69) is 0 Å². The van der Waals surface area contributed by atoms with E-state index < -0.39 is 10.0 Å². The topological polar surface area (TPSA) is 93.2 Å². The summed E-state index contributed by atoms with van der Waals surface area (Å²) in [7, 11) is -3.91. The van der Waals surface area contributed by atoms with Crippen LogP contribution in [-0.4, -0.2) is 15.0 Å². The van der Waals surface area contributed by atoms with Crippen LogP contribution in [0.25, 0.3) is 0 Å². The molecule has 0 spiro atoms. The van der Waals surface area contributed by atoms with Gasteiger partial charge in [0.25, 0.3) is 0 Å². The van der Waals surface area contributed by atoms with Crippen LogP contribution in [0.3, 0.4) is 0 Å². The lowest BCUT2D eigenvalue weighted by Gasteiger charge is -2.10. The molecular weight excluding hydrogens is 311 g/mol. The molecule has 0 bridgehead atoms. The molecule has 5 nitrogen and oxygen atoms in total. The number of benzene rings is 1. The van der Waals surface area contributed by atoms with Crippen LogP contribution in [0.1, 0.15) is 19.3 Å². The highest BCUT2D eigenvalue weighted by Gasteiger charge is 2.18. The quantitative estimate of drug-likeness (QED) is 0.815. The maximum atomic E-state index is 11.2. The first-order valence-corrected chi connectivity index (χ1v) is 7.68. The summed E-state index contributed by atoms with van der Waals surface area (Å²) in [6.07, 6.45) is 1.87. The molecule has 0 unspecified atom stereocenters. The lowest BCUT2D eigenvalue weighted by atomic mass is 10.2. The number of unbranched alkanes of at least 4 members (excludes halogenated alkanes) is 2. The number of hydrogen-bond donors (Lipinski definition) is 1. The van der Waals surface area contributed by atoms with Gasteiger partial charge in [-0.2, -0.15) is 5.26 Å². The SMILES string of the molecule is N#CCCCCOc1ccc(S(N)(=O)=O)c(Cl)c1Cl. The maximum absolute atomic E-state index is 11.2. The number of rotatable bonds is 6. The Kier molecular flexibility index (Phi) is 5.88. The monoisotopic (exact) mass is 322 g/mol. The third-order valence-electron chi connectivity index (χ3n) is 2.26. The van der Waals surface area contributed by atoms with Crippen molar-refractivity contribution >= 4 is 33.2 Å². The van der Waals surface area contributed by atoms with Crippen molar-refractivity contribution in [3.63, 3.8) is 0 Å². The van der Waals surface area contributed by atoms with E-state index in [1.165, 1.54) is 12.1 Å². The molecule has 0 aliphatic rings. The molecular formula is C11H12Cl2N2O3S. The zero-order valence-corrected chi connectivity index (χ0v) is 12.2. The fraction of sp³-hybridized carbons (Fsp3) is 0.364. The molecule has 0 heterocycles. The summed E-state index contributed by atoms with van der Waals surface area (Å²) in [6.45, 7) is 0.368. The van der Waals surface area contributed by atoms with Crippen molar-refractivity contribution in [1.29, 1.82) is 5.26 Å². The van der Waals surface area contributed by atoms with Crippen LogP contribution in [-0.2, 0) is 10.0 Å². The van der Waals surface area contributed by atoms with Crippen molar-refractivity contribution in [2.75, 3.05) is 6.61 Å². The second kappa shape index (κ2) is 6.96. The van der Waals surface area contributed by atoms with E-state index in [4.69, 9.17) is 38.3 Å². The van der Waals surface area contributed by atoms with Crippen LogP contribution in [0.15, 0.2) is 17.0 Å². The summed E-state index contributed by atoms with van der Waals surface area (Å²) in [6, 6.07) is 4.67. The molecule has 0 atom stereocenters. The second-order valence-corrected chi connectivity index (χ2v) is 5.98. The molecule has 0 aromatic heterocycles. The van der Waals surface area contributed by atoms with Crippen LogP contribution in [0.5, 0.6) is 5.75 Å². The van der Waals surface area contributed by atoms with E-state index in [1.54, 1.807) is 0 Å². The zero-order chi connectivity index (χ0) is 14.5. The Morgan fingerprint density at radius 3 is 2.53 bits per heavy atom. The van der Waals surface area contributed by atoms with Gasteiger partial charge in [0.05, 0.1) is 17.7 Å². The third kappa shape index (κ3) is 4.55. The van der Waals surface area contributed by atoms with E-state index >= 15 is 0 Å². The lowest BCUT2D eigenvalue weighted by molar-refractivity contribution is 0.307. The second-order valence-electron chi connectivity index (χ2n) is 3.70. The number of sulfonamides is 1. The Balaban J connectivity index is 2.78. The Bertz CT molecular complexity index is 597. The van der Waals surface area contributed by atoms with Gasteiger partial charge >= 0.3 is 0 Å². The fourth-order valence-corrected chi connectivity index (χ4v) is 2.70. The standard InChI is InChI=1S/C11H12Cl2N2O3S/c12-10-8(18-7-3-1-2-6-14)4-5-9(11(10)13)19(15,16)17/h4-5H,1-3,7H2,(H2,15,16,17). The summed E-state index contributed by atoms with van der Waals surface area (Å²) in [4.78, 5) is -0.240. The average Bonchev–Trinajstić information content (AvgIpc) is 2.32. The molecule has 104 valence electrons. The maximum Gasteiger partial charge on any atom is 0.239 e. The summed E-state index contributed by atoms with van der Waals surface area (Å²) in [5, 5.41) is 13.2. The van der Waals surface area contributed by atoms with Crippen LogP contribution in [0.4, 0.5) is 0 Å². The van der Waals surface area contributed by atoms with Gasteiger partial charge in [-0.25, -0.2) is 13.6 Å². The number of nitrogens with zero attached hydrogens (tertiary/aromatic N) is 1. The van der Waals surface area contributed by atoms with Crippen LogP contribution < -0.4 is 9.88 Å². The van der Waals surface area contributed by atoms with Crippen molar-refractivity contribution in [3.05, 3.63) is 22.2 Å². The minimum absolute atomic E-state index is 0.00785. The van der Waals surface area contributed by atoms with Gasteiger partial charge in [-0.05, 0) is 25.0 Å². The molecule has 2 N–H and O–H groups in total. The van der Waals surface area contributed by atoms with Crippen molar-refractivity contribution < 1.29 is 13.2 Å². The Morgan fingerprint density at radius 2 is 1.95 bits per heavy atom. The van der Waals surface area contributed by atoms with E-state index in [-0.39, 0.29) is 20.7 Å². The molecule has 1 rings (SSSR count). The van der Waals surface area contributed by atoms with Crippen LogP contribution in [0, 0.1) is 11.3 Å². The van der Waals surface area contributed by atoms with Crippen molar-refractivity contribution in [1.82, 2.24) is 0 Å². The highest BCUT2D eigenvalue weighted by Crippen LogP contribution is 2.36. The summed E-state index contributed by atoms with van der Waals surface area (Å²) in [5.41, 5.74) is 0. The Hall–Kier alpha value is -1.00. The van der Waals surface area contributed by atoms with E-state index in [0.29, 0.717) is 19.4 Å². The first-order chi connectivity index (χ1) is 8.88. The number of nitrogens with two attached hydrogens (primary N) is 1.